The van der Waals surface area contributed by atoms with Crippen LogP contribution in [0.2, 0.25) is 0 Å². The Kier molecular flexibility index (Phi) is 4.32. The number of carbonyl (C=O) groups is 2. The van der Waals surface area contributed by atoms with E-state index >= 15 is 0 Å². The Bertz CT molecular complexity index is 998. The quantitative estimate of drug-likeness (QED) is 0.713. The molecule has 2 amide bonds. The maximum Gasteiger partial charge on any atom is 0.234 e. The first-order chi connectivity index (χ1) is 14.4. The Morgan fingerprint density at radius 1 is 1.30 bits per heavy atom. The van der Waals surface area contributed by atoms with Crippen molar-refractivity contribution < 1.29 is 18.8 Å². The van der Waals surface area contributed by atoms with E-state index in [1.54, 1.807) is 29.1 Å². The lowest BCUT2D eigenvalue weighted by Crippen LogP contribution is -2.44. The van der Waals surface area contributed by atoms with Gasteiger partial charge in [0, 0.05) is 18.8 Å². The molecule has 2 saturated heterocycles. The van der Waals surface area contributed by atoms with Crippen molar-refractivity contribution >= 4 is 17.5 Å². The molecule has 2 bridgehead atoms. The summed E-state index contributed by atoms with van der Waals surface area (Å²) in [6.45, 7) is 5.02. The van der Waals surface area contributed by atoms with E-state index in [9.17, 15) is 9.59 Å². The first kappa shape index (κ1) is 19.1. The highest BCUT2D eigenvalue weighted by molar-refractivity contribution is 6.03. The summed E-state index contributed by atoms with van der Waals surface area (Å²) in [4.78, 5) is 30.1. The third-order valence-electron chi connectivity index (χ3n) is 6.52. The molecular formula is C23H25N3O4. The van der Waals surface area contributed by atoms with Crippen molar-refractivity contribution in [2.75, 3.05) is 18.5 Å². The minimum absolute atomic E-state index is 0.0504. The summed E-state index contributed by atoms with van der Waals surface area (Å²) in [6, 6.07) is 9.80. The number of hydrogen-bond donors (Lipinski definition) is 0. The molecule has 0 unspecified atom stereocenters. The lowest BCUT2D eigenvalue weighted by Gasteiger charge is -2.27. The molecule has 0 N–H and O–H groups in total. The second-order valence-electron chi connectivity index (χ2n) is 8.74. The van der Waals surface area contributed by atoms with Gasteiger partial charge >= 0.3 is 0 Å². The third-order valence-corrected chi connectivity index (χ3v) is 6.52. The van der Waals surface area contributed by atoms with Gasteiger partial charge in [-0.1, -0.05) is 43.3 Å². The van der Waals surface area contributed by atoms with Crippen LogP contribution in [0.4, 0.5) is 5.69 Å². The highest BCUT2D eigenvalue weighted by atomic mass is 16.5. The number of nitrogens with zero attached hydrogens (tertiary/aromatic N) is 3. The number of amides is 2. The molecule has 3 aliphatic heterocycles. The Morgan fingerprint density at radius 3 is 2.73 bits per heavy atom. The van der Waals surface area contributed by atoms with E-state index in [0.717, 1.165) is 5.69 Å². The van der Waals surface area contributed by atoms with Gasteiger partial charge < -0.3 is 19.1 Å². The Labute approximate surface area is 175 Å². The van der Waals surface area contributed by atoms with E-state index < -0.39 is 17.4 Å². The Morgan fingerprint density at radius 2 is 2.07 bits per heavy atom. The molecule has 7 nitrogen and oxygen atoms in total. The van der Waals surface area contributed by atoms with Crippen molar-refractivity contribution in [1.29, 1.82) is 0 Å². The fourth-order valence-corrected chi connectivity index (χ4v) is 4.93. The van der Waals surface area contributed by atoms with Crippen molar-refractivity contribution in [3.63, 3.8) is 0 Å². The van der Waals surface area contributed by atoms with Crippen LogP contribution in [0.3, 0.4) is 0 Å². The van der Waals surface area contributed by atoms with Gasteiger partial charge in [-0.2, -0.15) is 0 Å². The standard InChI is InChI=1S/C23H25N3O4/c1-14(2)15-4-6-16(7-5-15)26-13-23-10-8-18(29-23)19(20(23)22(26)28)21(27)25(3)12-17-9-11-24-30-17/h4-11,14,18-20H,12-13H2,1-3H3/t18-,19+,20-,23-/m0/s1. The molecule has 4 atom stereocenters. The third kappa shape index (κ3) is 2.80. The number of aromatic nitrogens is 1. The van der Waals surface area contributed by atoms with Crippen LogP contribution in [-0.4, -0.2) is 47.2 Å². The molecule has 2 aromatic rings. The summed E-state index contributed by atoms with van der Waals surface area (Å²) in [5, 5.41) is 3.69. The van der Waals surface area contributed by atoms with Gasteiger partial charge in [0.1, 0.15) is 5.60 Å². The zero-order chi connectivity index (χ0) is 21.0. The van der Waals surface area contributed by atoms with E-state index in [1.165, 1.54) is 5.56 Å². The van der Waals surface area contributed by atoms with Gasteiger partial charge in [0.2, 0.25) is 11.8 Å². The van der Waals surface area contributed by atoms with Crippen LogP contribution in [0, 0.1) is 11.8 Å². The predicted octanol–water partition coefficient (Wildman–Crippen LogP) is 2.74. The zero-order valence-electron chi connectivity index (χ0n) is 17.3. The van der Waals surface area contributed by atoms with Gasteiger partial charge in [-0.05, 0) is 23.6 Å². The minimum atomic E-state index is -0.730. The van der Waals surface area contributed by atoms with Crippen molar-refractivity contribution in [2.45, 2.75) is 38.0 Å². The van der Waals surface area contributed by atoms with Crippen molar-refractivity contribution in [2.24, 2.45) is 11.8 Å². The molecule has 1 aromatic heterocycles. The normalized spacial score (nSPS) is 29.1. The molecular weight excluding hydrogens is 382 g/mol. The summed E-state index contributed by atoms with van der Waals surface area (Å²) in [5.41, 5.74) is 1.34. The number of hydrogen-bond acceptors (Lipinski definition) is 5. The summed E-state index contributed by atoms with van der Waals surface area (Å²) in [6.07, 6.45) is 5.09. The van der Waals surface area contributed by atoms with E-state index in [4.69, 9.17) is 9.26 Å². The van der Waals surface area contributed by atoms with E-state index in [1.807, 2.05) is 24.3 Å². The highest BCUT2D eigenvalue weighted by Crippen LogP contribution is 2.53. The summed E-state index contributed by atoms with van der Waals surface area (Å²) >= 11 is 0. The van der Waals surface area contributed by atoms with E-state index in [0.29, 0.717) is 24.8 Å². The number of benzene rings is 1. The van der Waals surface area contributed by atoms with E-state index in [2.05, 4.69) is 31.1 Å². The molecule has 3 aliphatic rings. The van der Waals surface area contributed by atoms with Gasteiger partial charge in [0.05, 0.1) is 37.2 Å². The van der Waals surface area contributed by atoms with Crippen LogP contribution < -0.4 is 4.90 Å². The Balaban J connectivity index is 1.40. The fourth-order valence-electron chi connectivity index (χ4n) is 4.93. The number of carbonyl (C=O) groups excluding carboxylic acids is 2. The highest BCUT2D eigenvalue weighted by Gasteiger charge is 2.67. The summed E-state index contributed by atoms with van der Waals surface area (Å²) < 4.78 is 11.4. The number of rotatable bonds is 5. The Hall–Kier alpha value is -2.93. The lowest BCUT2D eigenvalue weighted by atomic mass is 9.76. The van der Waals surface area contributed by atoms with Crippen molar-refractivity contribution in [1.82, 2.24) is 10.1 Å². The second-order valence-corrected chi connectivity index (χ2v) is 8.74. The smallest absolute Gasteiger partial charge is 0.234 e. The molecule has 1 spiro atoms. The molecule has 5 rings (SSSR count). The minimum Gasteiger partial charge on any atom is -0.360 e. The number of anilines is 1. The van der Waals surface area contributed by atoms with Gasteiger partial charge in [-0.3, -0.25) is 9.59 Å². The molecule has 7 heteroatoms. The van der Waals surface area contributed by atoms with Crippen LogP contribution in [-0.2, 0) is 20.9 Å². The average Bonchev–Trinajstić information content (AvgIpc) is 3.50. The van der Waals surface area contributed by atoms with Crippen LogP contribution in [0.25, 0.3) is 0 Å². The second kappa shape index (κ2) is 6.80. The molecule has 0 radical (unpaired) electrons. The fraction of sp³-hybridized carbons (Fsp3) is 0.435. The van der Waals surface area contributed by atoms with Gasteiger partial charge in [0.25, 0.3) is 0 Å². The zero-order valence-corrected chi connectivity index (χ0v) is 17.3. The van der Waals surface area contributed by atoms with Gasteiger partial charge in [0.15, 0.2) is 5.76 Å². The number of fused-ring (bicyclic) bond motifs is 1. The van der Waals surface area contributed by atoms with Crippen molar-refractivity contribution in [3.8, 4) is 0 Å². The largest absolute Gasteiger partial charge is 0.360 e. The number of ether oxygens (including phenoxy) is 1. The maximum atomic E-state index is 13.5. The maximum absolute atomic E-state index is 13.5. The topological polar surface area (TPSA) is 75.9 Å². The molecule has 156 valence electrons. The van der Waals surface area contributed by atoms with E-state index in [-0.39, 0.29) is 17.9 Å². The molecule has 0 aliphatic carbocycles. The van der Waals surface area contributed by atoms with Crippen LogP contribution in [0.1, 0.15) is 31.1 Å². The van der Waals surface area contributed by atoms with Gasteiger partial charge in [-0.15, -0.1) is 0 Å². The summed E-state index contributed by atoms with van der Waals surface area (Å²) in [7, 11) is 1.72. The first-order valence-corrected chi connectivity index (χ1v) is 10.3. The van der Waals surface area contributed by atoms with Crippen LogP contribution in [0.15, 0.2) is 53.2 Å². The van der Waals surface area contributed by atoms with Crippen LogP contribution in [0.5, 0.6) is 0 Å². The SMILES string of the molecule is CC(C)c1ccc(N2C[C@]34C=C[C@H](O3)[C@@H](C(=O)N(C)Cc3ccno3)[C@H]4C2=O)cc1. The molecule has 0 saturated carbocycles. The lowest BCUT2D eigenvalue weighted by molar-refractivity contribution is -0.139. The molecule has 1 aromatic carbocycles. The average molecular weight is 407 g/mol. The summed E-state index contributed by atoms with van der Waals surface area (Å²) in [5.74, 6) is -0.180. The van der Waals surface area contributed by atoms with Crippen molar-refractivity contribution in [3.05, 3.63) is 60.0 Å². The predicted molar refractivity (Wildman–Crippen MR) is 110 cm³/mol. The first-order valence-electron chi connectivity index (χ1n) is 10.3. The molecule has 30 heavy (non-hydrogen) atoms. The molecule has 4 heterocycles. The molecule has 2 fully saturated rings. The van der Waals surface area contributed by atoms with Gasteiger partial charge in [-0.25, -0.2) is 0 Å². The van der Waals surface area contributed by atoms with Crippen LogP contribution >= 0.6 is 0 Å². The monoisotopic (exact) mass is 407 g/mol.